The summed E-state index contributed by atoms with van der Waals surface area (Å²) in [5.41, 5.74) is 1.02. The maximum absolute atomic E-state index is 6.37. The van der Waals surface area contributed by atoms with E-state index in [1.807, 2.05) is 18.2 Å². The number of hydrogen-bond acceptors (Lipinski definition) is 2. The van der Waals surface area contributed by atoms with Gasteiger partial charge < -0.3 is 15.0 Å². The Morgan fingerprint density at radius 2 is 2.12 bits per heavy atom. The lowest BCUT2D eigenvalue weighted by atomic mass is 9.85. The van der Waals surface area contributed by atoms with Gasteiger partial charge in [-0.3, -0.25) is 4.99 Å². The first-order valence-electron chi connectivity index (χ1n) is 8.76. The van der Waals surface area contributed by atoms with Crippen molar-refractivity contribution in [2.45, 2.75) is 32.6 Å². The van der Waals surface area contributed by atoms with Crippen LogP contribution in [0.25, 0.3) is 0 Å². The summed E-state index contributed by atoms with van der Waals surface area (Å²) in [6, 6.07) is 8.03. The van der Waals surface area contributed by atoms with Crippen molar-refractivity contribution < 1.29 is 4.74 Å². The van der Waals surface area contributed by atoms with Gasteiger partial charge in [-0.2, -0.15) is 0 Å². The van der Waals surface area contributed by atoms with Crippen LogP contribution in [0.2, 0.25) is 5.02 Å². The predicted octanol–water partition coefficient (Wildman–Crippen LogP) is 4.17. The SMILES string of the molecule is CCNC(=NCC(C)(C)c1ccccc1Cl)N(C)CC1CCOC1.I. The van der Waals surface area contributed by atoms with Gasteiger partial charge >= 0.3 is 0 Å². The monoisotopic (exact) mass is 479 g/mol. The fraction of sp³-hybridized carbons (Fsp3) is 0.632. The smallest absolute Gasteiger partial charge is 0.193 e. The largest absolute Gasteiger partial charge is 0.381 e. The number of rotatable bonds is 6. The number of ether oxygens (including phenoxy) is 1. The molecule has 1 aromatic carbocycles. The zero-order valence-electron chi connectivity index (χ0n) is 15.7. The zero-order valence-corrected chi connectivity index (χ0v) is 18.8. The van der Waals surface area contributed by atoms with Gasteiger partial charge in [-0.1, -0.05) is 43.6 Å². The molecule has 1 atom stereocenters. The quantitative estimate of drug-likeness (QED) is 0.378. The Morgan fingerprint density at radius 1 is 1.40 bits per heavy atom. The molecule has 0 amide bonds. The molecular formula is C19H31ClIN3O. The molecule has 0 bridgehead atoms. The van der Waals surface area contributed by atoms with Crippen molar-refractivity contribution in [1.29, 1.82) is 0 Å². The highest BCUT2D eigenvalue weighted by molar-refractivity contribution is 14.0. The van der Waals surface area contributed by atoms with Crippen LogP contribution in [0.15, 0.2) is 29.3 Å². The van der Waals surface area contributed by atoms with Crippen molar-refractivity contribution in [1.82, 2.24) is 10.2 Å². The van der Waals surface area contributed by atoms with Crippen molar-refractivity contribution in [3.05, 3.63) is 34.9 Å². The molecule has 0 aliphatic carbocycles. The second-order valence-corrected chi connectivity index (χ2v) is 7.55. The van der Waals surface area contributed by atoms with E-state index >= 15 is 0 Å². The summed E-state index contributed by atoms with van der Waals surface area (Å²) in [5.74, 6) is 1.54. The van der Waals surface area contributed by atoms with Crippen LogP contribution in [-0.2, 0) is 10.2 Å². The highest BCUT2D eigenvalue weighted by Gasteiger charge is 2.24. The van der Waals surface area contributed by atoms with Gasteiger partial charge in [-0.05, 0) is 25.0 Å². The molecule has 1 aromatic rings. The van der Waals surface area contributed by atoms with E-state index in [0.717, 1.165) is 49.3 Å². The molecule has 2 rings (SSSR count). The fourth-order valence-corrected chi connectivity index (χ4v) is 3.43. The minimum atomic E-state index is -0.115. The first-order valence-corrected chi connectivity index (χ1v) is 9.14. The molecule has 25 heavy (non-hydrogen) atoms. The molecule has 1 unspecified atom stereocenters. The summed E-state index contributed by atoms with van der Waals surface area (Å²) in [6.45, 7) is 10.7. The topological polar surface area (TPSA) is 36.9 Å². The van der Waals surface area contributed by atoms with Crippen LogP contribution >= 0.6 is 35.6 Å². The average molecular weight is 480 g/mol. The lowest BCUT2D eigenvalue weighted by Crippen LogP contribution is -2.42. The van der Waals surface area contributed by atoms with E-state index < -0.39 is 0 Å². The van der Waals surface area contributed by atoms with Crippen molar-refractivity contribution in [3.8, 4) is 0 Å². The molecule has 0 spiro atoms. The van der Waals surface area contributed by atoms with Crippen molar-refractivity contribution in [2.75, 3.05) is 39.9 Å². The van der Waals surface area contributed by atoms with Gasteiger partial charge in [0, 0.05) is 43.1 Å². The molecular weight excluding hydrogens is 449 g/mol. The van der Waals surface area contributed by atoms with Crippen molar-refractivity contribution in [2.24, 2.45) is 10.9 Å². The Kier molecular flexibility index (Phi) is 9.52. The van der Waals surface area contributed by atoms with Crippen molar-refractivity contribution in [3.63, 3.8) is 0 Å². The average Bonchev–Trinajstić information content (AvgIpc) is 3.04. The summed E-state index contributed by atoms with van der Waals surface area (Å²) in [5, 5.41) is 4.20. The van der Waals surface area contributed by atoms with Crippen LogP contribution in [0.5, 0.6) is 0 Å². The number of aliphatic imine (C=N–C) groups is 1. The molecule has 1 heterocycles. The summed E-state index contributed by atoms with van der Waals surface area (Å²) in [7, 11) is 2.10. The summed E-state index contributed by atoms with van der Waals surface area (Å²) < 4.78 is 5.48. The molecule has 1 aliphatic heterocycles. The molecule has 1 saturated heterocycles. The summed E-state index contributed by atoms with van der Waals surface area (Å²) in [6.07, 6.45) is 1.13. The van der Waals surface area contributed by atoms with Crippen molar-refractivity contribution >= 4 is 41.5 Å². The Bertz CT molecular complexity index is 559. The third kappa shape index (κ3) is 6.61. The van der Waals surface area contributed by atoms with Crippen LogP contribution in [0.1, 0.15) is 32.8 Å². The Balaban J connectivity index is 0.00000312. The Hall–Kier alpha value is -0.530. The predicted molar refractivity (Wildman–Crippen MR) is 117 cm³/mol. The number of nitrogens with zero attached hydrogens (tertiary/aromatic N) is 2. The molecule has 1 fully saturated rings. The molecule has 1 N–H and O–H groups in total. The van der Waals surface area contributed by atoms with E-state index in [1.54, 1.807) is 0 Å². The van der Waals surface area contributed by atoms with E-state index in [0.29, 0.717) is 12.5 Å². The third-order valence-electron chi connectivity index (χ3n) is 4.48. The molecule has 0 aromatic heterocycles. The number of hydrogen-bond donors (Lipinski definition) is 1. The lowest BCUT2D eigenvalue weighted by Gasteiger charge is -2.28. The highest BCUT2D eigenvalue weighted by atomic mass is 127. The minimum Gasteiger partial charge on any atom is -0.381 e. The van der Waals surface area contributed by atoms with E-state index in [-0.39, 0.29) is 29.4 Å². The van der Waals surface area contributed by atoms with Crippen LogP contribution in [-0.4, -0.2) is 50.8 Å². The van der Waals surface area contributed by atoms with Crippen LogP contribution in [0.3, 0.4) is 0 Å². The number of nitrogens with one attached hydrogen (secondary N) is 1. The van der Waals surface area contributed by atoms with Crippen LogP contribution in [0.4, 0.5) is 0 Å². The minimum absolute atomic E-state index is 0. The van der Waals surface area contributed by atoms with Gasteiger partial charge in [0.05, 0.1) is 13.2 Å². The maximum Gasteiger partial charge on any atom is 0.193 e. The fourth-order valence-electron chi connectivity index (χ4n) is 3.04. The van der Waals surface area contributed by atoms with Crippen LogP contribution in [0, 0.1) is 5.92 Å². The zero-order chi connectivity index (χ0) is 17.6. The summed E-state index contributed by atoms with van der Waals surface area (Å²) in [4.78, 5) is 7.09. The van der Waals surface area contributed by atoms with E-state index in [4.69, 9.17) is 21.3 Å². The van der Waals surface area contributed by atoms with E-state index in [1.165, 1.54) is 0 Å². The van der Waals surface area contributed by atoms with E-state index in [9.17, 15) is 0 Å². The highest BCUT2D eigenvalue weighted by Crippen LogP contribution is 2.30. The second-order valence-electron chi connectivity index (χ2n) is 7.14. The Labute approximate surface area is 174 Å². The Morgan fingerprint density at radius 3 is 2.72 bits per heavy atom. The van der Waals surface area contributed by atoms with Gasteiger partial charge in [-0.25, -0.2) is 0 Å². The molecule has 6 heteroatoms. The standard InChI is InChI=1S/C19H30ClN3O.HI/c1-5-21-18(23(4)12-15-10-11-24-13-15)22-14-19(2,3)16-8-6-7-9-17(16)20;/h6-9,15H,5,10-14H2,1-4H3,(H,21,22);1H. The lowest BCUT2D eigenvalue weighted by molar-refractivity contribution is 0.181. The molecule has 1 aliphatic rings. The second kappa shape index (κ2) is 10.6. The molecule has 0 saturated carbocycles. The van der Waals surface area contributed by atoms with Crippen LogP contribution < -0.4 is 5.32 Å². The maximum atomic E-state index is 6.37. The van der Waals surface area contributed by atoms with Gasteiger partial charge in [0.1, 0.15) is 0 Å². The molecule has 4 nitrogen and oxygen atoms in total. The number of guanidine groups is 1. The number of benzene rings is 1. The first kappa shape index (κ1) is 22.5. The van der Waals surface area contributed by atoms with E-state index in [2.05, 4.69) is 44.1 Å². The molecule has 0 radical (unpaired) electrons. The summed E-state index contributed by atoms with van der Waals surface area (Å²) >= 11 is 6.37. The number of halogens is 2. The van der Waals surface area contributed by atoms with Gasteiger partial charge in [0.2, 0.25) is 0 Å². The first-order chi connectivity index (χ1) is 11.4. The van der Waals surface area contributed by atoms with Gasteiger partial charge in [0.25, 0.3) is 0 Å². The van der Waals surface area contributed by atoms with Gasteiger partial charge in [0.15, 0.2) is 5.96 Å². The molecule has 142 valence electrons. The third-order valence-corrected chi connectivity index (χ3v) is 4.81. The normalized spacial score (nSPS) is 18.0. The van der Waals surface area contributed by atoms with Gasteiger partial charge in [-0.15, -0.1) is 24.0 Å².